The number of hydrogen-bond donors (Lipinski definition) is 2. The van der Waals surface area contributed by atoms with Gasteiger partial charge in [0.15, 0.2) is 0 Å². The first-order valence-corrected chi connectivity index (χ1v) is 4.76. The molecule has 0 bridgehead atoms. The van der Waals surface area contributed by atoms with Gasteiger partial charge in [0, 0.05) is 24.9 Å². The van der Waals surface area contributed by atoms with Crippen molar-refractivity contribution in [3.63, 3.8) is 0 Å². The highest BCUT2D eigenvalue weighted by atomic mass is 16.2. The Kier molecular flexibility index (Phi) is 2.37. The predicted octanol–water partition coefficient (Wildman–Crippen LogP) is -0.373. The quantitative estimate of drug-likeness (QED) is 0.625. The third-order valence-corrected chi connectivity index (χ3v) is 2.36. The fourth-order valence-electron chi connectivity index (χ4n) is 1.61. The van der Waals surface area contributed by atoms with Gasteiger partial charge in [-0.2, -0.15) is 9.97 Å². The van der Waals surface area contributed by atoms with Gasteiger partial charge in [-0.1, -0.05) is 0 Å². The van der Waals surface area contributed by atoms with Crippen LogP contribution >= 0.6 is 0 Å². The molecule has 0 radical (unpaired) electrons. The topological polar surface area (TPSA) is 98.1 Å². The Bertz CT molecular complexity index is 458. The van der Waals surface area contributed by atoms with Crippen LogP contribution in [0.2, 0.25) is 0 Å². The van der Waals surface area contributed by atoms with E-state index in [2.05, 4.69) is 15.9 Å². The molecule has 1 unspecified atom stereocenters. The number of anilines is 3. The summed E-state index contributed by atoms with van der Waals surface area (Å²) in [7, 11) is 0. The first-order valence-electron chi connectivity index (χ1n) is 4.76. The molecule has 6 heteroatoms. The van der Waals surface area contributed by atoms with Crippen LogP contribution in [0.5, 0.6) is 0 Å². The van der Waals surface area contributed by atoms with Crippen molar-refractivity contribution in [2.45, 2.75) is 6.42 Å². The lowest BCUT2D eigenvalue weighted by molar-refractivity contribution is -0.117. The largest absolute Gasteiger partial charge is 0.383 e. The van der Waals surface area contributed by atoms with Crippen LogP contribution in [-0.4, -0.2) is 22.4 Å². The fraction of sp³-hybridized carbons (Fsp3) is 0.300. The number of carbonyl (C=O) groups excluding carboxylic acids is 1. The molecule has 1 aliphatic heterocycles. The van der Waals surface area contributed by atoms with Crippen molar-refractivity contribution in [3.05, 3.63) is 6.07 Å². The monoisotopic (exact) mass is 217 g/mol. The van der Waals surface area contributed by atoms with E-state index in [-0.39, 0.29) is 29.4 Å². The summed E-state index contributed by atoms with van der Waals surface area (Å²) in [6, 6.07) is 1.43. The van der Waals surface area contributed by atoms with Crippen LogP contribution in [0.25, 0.3) is 0 Å². The van der Waals surface area contributed by atoms with E-state index in [4.69, 9.17) is 17.9 Å². The summed E-state index contributed by atoms with van der Waals surface area (Å²) in [5.74, 6) is 3.03. The number of hydrogen-bond acceptors (Lipinski definition) is 5. The zero-order valence-electron chi connectivity index (χ0n) is 8.55. The predicted molar refractivity (Wildman–Crippen MR) is 60.1 cm³/mol. The summed E-state index contributed by atoms with van der Waals surface area (Å²) in [5, 5.41) is 0. The summed E-state index contributed by atoms with van der Waals surface area (Å²) in [5.41, 5.74) is 11.1. The van der Waals surface area contributed by atoms with Crippen LogP contribution in [0.1, 0.15) is 6.42 Å². The summed E-state index contributed by atoms with van der Waals surface area (Å²) in [4.78, 5) is 21.0. The average Bonchev–Trinajstić information content (AvgIpc) is 2.58. The highest BCUT2D eigenvalue weighted by Crippen LogP contribution is 2.22. The SMILES string of the molecule is C#CC1CC(=O)N(c2nc(N)cc(N)n2)C1. The maximum absolute atomic E-state index is 11.6. The standard InChI is InChI=1S/C10H11N5O/c1-2-6-3-9(16)15(5-6)10-13-7(11)4-8(12)14-10/h1,4,6H,3,5H2,(H4,11,12,13,14). The van der Waals surface area contributed by atoms with Crippen LogP contribution in [0, 0.1) is 18.3 Å². The van der Waals surface area contributed by atoms with Gasteiger partial charge in [0.25, 0.3) is 0 Å². The molecule has 16 heavy (non-hydrogen) atoms. The molecule has 1 aliphatic rings. The molecule has 1 atom stereocenters. The van der Waals surface area contributed by atoms with Crippen LogP contribution in [-0.2, 0) is 4.79 Å². The summed E-state index contributed by atoms with van der Waals surface area (Å²) in [6.45, 7) is 0.415. The number of carbonyl (C=O) groups is 1. The molecule has 1 aromatic heterocycles. The van der Waals surface area contributed by atoms with E-state index in [1.807, 2.05) is 0 Å². The highest BCUT2D eigenvalue weighted by molar-refractivity contribution is 5.94. The number of nitrogen functional groups attached to an aromatic ring is 2. The molecule has 2 heterocycles. The number of rotatable bonds is 1. The molecule has 2 rings (SSSR count). The molecule has 0 saturated carbocycles. The lowest BCUT2D eigenvalue weighted by atomic mass is 10.1. The minimum atomic E-state index is -0.104. The van der Waals surface area contributed by atoms with E-state index in [1.165, 1.54) is 11.0 Å². The molecule has 0 aliphatic carbocycles. The maximum Gasteiger partial charge on any atom is 0.236 e. The fourth-order valence-corrected chi connectivity index (χ4v) is 1.61. The molecule has 6 nitrogen and oxygen atoms in total. The first-order chi connectivity index (χ1) is 7.60. The normalized spacial score (nSPS) is 19.8. The second-order valence-corrected chi connectivity index (χ2v) is 3.59. The van der Waals surface area contributed by atoms with Crippen molar-refractivity contribution < 1.29 is 4.79 Å². The molecular weight excluding hydrogens is 206 g/mol. The summed E-state index contributed by atoms with van der Waals surface area (Å²) in [6.07, 6.45) is 5.59. The molecule has 1 amide bonds. The van der Waals surface area contributed by atoms with E-state index in [1.54, 1.807) is 0 Å². The van der Waals surface area contributed by atoms with Crippen molar-refractivity contribution in [1.82, 2.24) is 9.97 Å². The van der Waals surface area contributed by atoms with Gasteiger partial charge >= 0.3 is 0 Å². The maximum atomic E-state index is 11.6. The third-order valence-electron chi connectivity index (χ3n) is 2.36. The average molecular weight is 217 g/mol. The van der Waals surface area contributed by atoms with Gasteiger partial charge in [-0.3, -0.25) is 9.69 Å². The summed E-state index contributed by atoms with van der Waals surface area (Å²) < 4.78 is 0. The number of nitrogens with zero attached hydrogens (tertiary/aromatic N) is 3. The minimum Gasteiger partial charge on any atom is -0.383 e. The van der Waals surface area contributed by atoms with Gasteiger partial charge < -0.3 is 11.5 Å². The van der Waals surface area contributed by atoms with E-state index in [9.17, 15) is 4.79 Å². The van der Waals surface area contributed by atoms with Gasteiger partial charge in [-0.25, -0.2) is 0 Å². The van der Waals surface area contributed by atoms with Crippen molar-refractivity contribution in [2.75, 3.05) is 22.9 Å². The number of aromatic nitrogens is 2. The van der Waals surface area contributed by atoms with Crippen LogP contribution in [0.15, 0.2) is 6.07 Å². The van der Waals surface area contributed by atoms with Gasteiger partial charge in [-0.15, -0.1) is 12.3 Å². The Morgan fingerprint density at radius 2 is 2.06 bits per heavy atom. The summed E-state index contributed by atoms with van der Waals surface area (Å²) >= 11 is 0. The van der Waals surface area contributed by atoms with E-state index in [0.717, 1.165) is 0 Å². The second-order valence-electron chi connectivity index (χ2n) is 3.59. The van der Waals surface area contributed by atoms with Gasteiger partial charge in [0.2, 0.25) is 11.9 Å². The lowest BCUT2D eigenvalue weighted by Crippen LogP contribution is -2.27. The van der Waals surface area contributed by atoms with Gasteiger partial charge in [-0.05, 0) is 0 Å². The molecule has 0 spiro atoms. The number of amides is 1. The number of terminal acetylenes is 1. The van der Waals surface area contributed by atoms with Crippen molar-refractivity contribution in [1.29, 1.82) is 0 Å². The van der Waals surface area contributed by atoms with Crippen molar-refractivity contribution >= 4 is 23.5 Å². The van der Waals surface area contributed by atoms with Crippen molar-refractivity contribution in [2.24, 2.45) is 5.92 Å². The molecule has 1 saturated heterocycles. The van der Waals surface area contributed by atoms with Crippen molar-refractivity contribution in [3.8, 4) is 12.3 Å². The molecule has 1 fully saturated rings. The molecule has 4 N–H and O–H groups in total. The third kappa shape index (κ3) is 1.75. The highest BCUT2D eigenvalue weighted by Gasteiger charge is 2.31. The second kappa shape index (κ2) is 3.70. The van der Waals surface area contributed by atoms with Crippen LogP contribution < -0.4 is 16.4 Å². The Morgan fingerprint density at radius 1 is 1.44 bits per heavy atom. The molecular formula is C10H11N5O. The molecule has 0 aromatic carbocycles. The first kappa shape index (κ1) is 10.2. The van der Waals surface area contributed by atoms with E-state index >= 15 is 0 Å². The van der Waals surface area contributed by atoms with Crippen LogP contribution in [0.4, 0.5) is 17.6 Å². The minimum absolute atomic E-state index is 0.0984. The number of nitrogens with two attached hydrogens (primary N) is 2. The zero-order valence-corrected chi connectivity index (χ0v) is 8.55. The molecule has 82 valence electrons. The Balaban J connectivity index is 2.32. The van der Waals surface area contributed by atoms with Gasteiger partial charge in [0.05, 0.1) is 0 Å². The lowest BCUT2D eigenvalue weighted by Gasteiger charge is -2.13. The van der Waals surface area contributed by atoms with E-state index in [0.29, 0.717) is 13.0 Å². The Labute approximate surface area is 92.7 Å². The smallest absolute Gasteiger partial charge is 0.236 e. The molecule has 1 aromatic rings. The van der Waals surface area contributed by atoms with E-state index < -0.39 is 0 Å². The Morgan fingerprint density at radius 3 is 2.56 bits per heavy atom. The van der Waals surface area contributed by atoms with Crippen LogP contribution in [0.3, 0.4) is 0 Å². The zero-order chi connectivity index (χ0) is 11.7. The van der Waals surface area contributed by atoms with Gasteiger partial charge in [0.1, 0.15) is 11.6 Å². The Hall–Kier alpha value is -2.29.